The third kappa shape index (κ3) is 6.48. The van der Waals surface area contributed by atoms with Gasteiger partial charge in [-0.15, -0.1) is 0 Å². The SMILES string of the molecule is CCCN(CC(=O)N(Cc1ccccc1)Cc1cccn1C)C(=O)Nc1cccc(C)c1C. The highest BCUT2D eigenvalue weighted by Gasteiger charge is 2.22. The second-order valence-electron chi connectivity index (χ2n) is 8.45. The lowest BCUT2D eigenvalue weighted by molar-refractivity contribution is -0.133. The van der Waals surface area contributed by atoms with Gasteiger partial charge in [-0.1, -0.05) is 49.4 Å². The first-order chi connectivity index (χ1) is 15.9. The van der Waals surface area contributed by atoms with Gasteiger partial charge in [0.1, 0.15) is 6.54 Å². The van der Waals surface area contributed by atoms with Crippen molar-refractivity contribution in [2.75, 3.05) is 18.4 Å². The first kappa shape index (κ1) is 24.1. The average Bonchev–Trinajstić information content (AvgIpc) is 3.21. The predicted molar refractivity (Wildman–Crippen MR) is 133 cm³/mol. The van der Waals surface area contributed by atoms with Crippen LogP contribution in [0.4, 0.5) is 10.5 Å². The first-order valence-corrected chi connectivity index (χ1v) is 11.4. The second-order valence-corrected chi connectivity index (χ2v) is 8.45. The van der Waals surface area contributed by atoms with Crippen molar-refractivity contribution in [2.45, 2.75) is 40.3 Å². The summed E-state index contributed by atoms with van der Waals surface area (Å²) in [5.74, 6) is -0.0791. The molecule has 0 aliphatic carbocycles. The predicted octanol–water partition coefficient (Wildman–Crippen LogP) is 5.11. The van der Waals surface area contributed by atoms with Crippen molar-refractivity contribution < 1.29 is 9.59 Å². The molecule has 0 unspecified atom stereocenters. The van der Waals surface area contributed by atoms with Gasteiger partial charge in [-0.3, -0.25) is 4.79 Å². The average molecular weight is 447 g/mol. The topological polar surface area (TPSA) is 57.6 Å². The summed E-state index contributed by atoms with van der Waals surface area (Å²) in [6.07, 6.45) is 2.74. The Kier molecular flexibility index (Phi) is 8.30. The number of aryl methyl sites for hydroxylation is 2. The number of urea groups is 1. The van der Waals surface area contributed by atoms with E-state index in [4.69, 9.17) is 0 Å². The van der Waals surface area contributed by atoms with Gasteiger partial charge in [-0.25, -0.2) is 4.79 Å². The Bertz CT molecular complexity index is 1070. The molecule has 6 heteroatoms. The van der Waals surface area contributed by atoms with Crippen LogP contribution < -0.4 is 5.32 Å². The number of rotatable bonds is 9. The van der Waals surface area contributed by atoms with Crippen LogP contribution in [0, 0.1) is 13.8 Å². The molecule has 0 saturated heterocycles. The molecule has 1 aromatic heterocycles. The van der Waals surface area contributed by atoms with E-state index in [1.165, 1.54) is 0 Å². The van der Waals surface area contributed by atoms with Gasteiger partial charge >= 0.3 is 6.03 Å². The summed E-state index contributed by atoms with van der Waals surface area (Å²) >= 11 is 0. The molecule has 0 radical (unpaired) electrons. The molecule has 0 saturated carbocycles. The zero-order chi connectivity index (χ0) is 23.8. The molecule has 3 amide bonds. The number of carbonyl (C=O) groups excluding carboxylic acids is 2. The fourth-order valence-corrected chi connectivity index (χ4v) is 3.76. The summed E-state index contributed by atoms with van der Waals surface area (Å²) in [6, 6.07) is 19.5. The number of carbonyl (C=O) groups is 2. The number of anilines is 1. The molecular weight excluding hydrogens is 412 g/mol. The molecule has 6 nitrogen and oxygen atoms in total. The van der Waals surface area contributed by atoms with Crippen molar-refractivity contribution in [1.82, 2.24) is 14.4 Å². The maximum atomic E-state index is 13.4. The number of hydrogen-bond acceptors (Lipinski definition) is 2. The van der Waals surface area contributed by atoms with E-state index in [2.05, 4.69) is 5.32 Å². The molecule has 2 aromatic carbocycles. The quantitative estimate of drug-likeness (QED) is 0.496. The number of nitrogens with one attached hydrogen (secondary N) is 1. The monoisotopic (exact) mass is 446 g/mol. The fourth-order valence-electron chi connectivity index (χ4n) is 3.76. The van der Waals surface area contributed by atoms with Crippen molar-refractivity contribution >= 4 is 17.6 Å². The minimum Gasteiger partial charge on any atom is -0.353 e. The normalized spacial score (nSPS) is 10.7. The molecule has 0 spiro atoms. The van der Waals surface area contributed by atoms with Crippen molar-refractivity contribution in [3.05, 3.63) is 89.2 Å². The molecule has 0 fully saturated rings. The smallest absolute Gasteiger partial charge is 0.322 e. The minimum absolute atomic E-state index is 0.0296. The van der Waals surface area contributed by atoms with Crippen molar-refractivity contribution in [2.24, 2.45) is 7.05 Å². The summed E-state index contributed by atoms with van der Waals surface area (Å²) in [7, 11) is 1.97. The zero-order valence-electron chi connectivity index (χ0n) is 20.0. The molecule has 3 rings (SSSR count). The molecule has 33 heavy (non-hydrogen) atoms. The van der Waals surface area contributed by atoms with Gasteiger partial charge in [0.15, 0.2) is 0 Å². The molecule has 0 bridgehead atoms. The Labute approximate surface area is 196 Å². The molecule has 1 N–H and O–H groups in total. The lowest BCUT2D eigenvalue weighted by Gasteiger charge is -2.28. The molecule has 0 atom stereocenters. The van der Waals surface area contributed by atoms with Gasteiger partial charge < -0.3 is 19.7 Å². The van der Waals surface area contributed by atoms with Crippen LogP contribution in [0.2, 0.25) is 0 Å². The van der Waals surface area contributed by atoms with Gasteiger partial charge in [0.2, 0.25) is 5.91 Å². The highest BCUT2D eigenvalue weighted by atomic mass is 16.2. The van der Waals surface area contributed by atoms with E-state index < -0.39 is 0 Å². The van der Waals surface area contributed by atoms with Gasteiger partial charge in [0, 0.05) is 37.7 Å². The highest BCUT2D eigenvalue weighted by Crippen LogP contribution is 2.19. The lowest BCUT2D eigenvalue weighted by Crippen LogP contribution is -2.44. The summed E-state index contributed by atoms with van der Waals surface area (Å²) < 4.78 is 2.02. The van der Waals surface area contributed by atoms with Crippen molar-refractivity contribution in [1.29, 1.82) is 0 Å². The molecule has 174 valence electrons. The molecular formula is C27H34N4O2. The third-order valence-corrected chi connectivity index (χ3v) is 5.93. The van der Waals surface area contributed by atoms with Gasteiger partial charge in [0.05, 0.1) is 6.54 Å². The van der Waals surface area contributed by atoms with E-state index in [9.17, 15) is 9.59 Å². The molecule has 3 aromatic rings. The van der Waals surface area contributed by atoms with E-state index in [0.29, 0.717) is 19.6 Å². The fraction of sp³-hybridized carbons (Fsp3) is 0.333. The van der Waals surface area contributed by atoms with E-state index in [1.807, 2.05) is 104 Å². The Hall–Kier alpha value is -3.54. The number of nitrogens with zero attached hydrogens (tertiary/aromatic N) is 3. The van der Waals surface area contributed by atoms with Crippen LogP contribution in [0.5, 0.6) is 0 Å². The number of benzene rings is 2. The van der Waals surface area contributed by atoms with Gasteiger partial charge in [-0.2, -0.15) is 0 Å². The Morgan fingerprint density at radius 1 is 0.909 bits per heavy atom. The minimum atomic E-state index is -0.252. The highest BCUT2D eigenvalue weighted by molar-refractivity contribution is 5.93. The van der Waals surface area contributed by atoms with Crippen molar-refractivity contribution in [3.63, 3.8) is 0 Å². The van der Waals surface area contributed by atoms with Crippen LogP contribution >= 0.6 is 0 Å². The van der Waals surface area contributed by atoms with Gasteiger partial charge in [0.25, 0.3) is 0 Å². The molecule has 1 heterocycles. The van der Waals surface area contributed by atoms with Crippen LogP contribution in [0.3, 0.4) is 0 Å². The molecule has 0 aliphatic rings. The Balaban J connectivity index is 1.77. The summed E-state index contributed by atoms with van der Waals surface area (Å²) in [6.45, 7) is 7.52. The van der Waals surface area contributed by atoms with Crippen LogP contribution in [-0.2, 0) is 24.9 Å². The number of aromatic nitrogens is 1. The van der Waals surface area contributed by atoms with E-state index >= 15 is 0 Å². The zero-order valence-corrected chi connectivity index (χ0v) is 20.0. The second kappa shape index (κ2) is 11.4. The summed E-state index contributed by atoms with van der Waals surface area (Å²) in [5, 5.41) is 3.00. The Morgan fingerprint density at radius 3 is 2.33 bits per heavy atom. The van der Waals surface area contributed by atoms with E-state index in [1.54, 1.807) is 4.90 Å². The maximum absolute atomic E-state index is 13.4. The lowest BCUT2D eigenvalue weighted by atomic mass is 10.1. The number of hydrogen-bond donors (Lipinski definition) is 1. The van der Waals surface area contributed by atoms with Crippen molar-refractivity contribution in [3.8, 4) is 0 Å². The van der Waals surface area contributed by atoms with Gasteiger partial charge in [-0.05, 0) is 55.2 Å². The largest absolute Gasteiger partial charge is 0.353 e. The standard InChI is InChI=1S/C27H34N4O2/c1-5-16-30(27(33)28-25-15-9-11-21(2)22(25)3)20-26(32)31(18-23-12-7-6-8-13-23)19-24-14-10-17-29(24)4/h6-15,17H,5,16,18-20H2,1-4H3,(H,28,33). The van der Waals surface area contributed by atoms with Crippen LogP contribution in [0.25, 0.3) is 0 Å². The van der Waals surface area contributed by atoms with E-state index in [0.717, 1.165) is 34.5 Å². The first-order valence-electron chi connectivity index (χ1n) is 11.4. The van der Waals surface area contributed by atoms with E-state index in [-0.39, 0.29) is 18.5 Å². The van der Waals surface area contributed by atoms with Crippen LogP contribution in [0.15, 0.2) is 66.9 Å². The van der Waals surface area contributed by atoms with Crippen LogP contribution in [0.1, 0.15) is 35.7 Å². The maximum Gasteiger partial charge on any atom is 0.322 e. The number of amides is 3. The molecule has 0 aliphatic heterocycles. The third-order valence-electron chi connectivity index (χ3n) is 5.93. The summed E-state index contributed by atoms with van der Waals surface area (Å²) in [5.41, 5.74) is 5.02. The van der Waals surface area contributed by atoms with Crippen LogP contribution in [-0.4, -0.2) is 39.4 Å². The summed E-state index contributed by atoms with van der Waals surface area (Å²) in [4.78, 5) is 30.0. The Morgan fingerprint density at radius 2 is 1.67 bits per heavy atom.